The van der Waals surface area contributed by atoms with Crippen LogP contribution in [0.25, 0.3) is 12.2 Å². The van der Waals surface area contributed by atoms with Gasteiger partial charge >= 0.3 is 8.56 Å². The average molecular weight is 737 g/mol. The molecule has 0 heterocycles. The first-order valence-electron chi connectivity index (χ1n) is 16.9. The molecule has 2 rings (SSSR count). The molecule has 0 amide bonds. The summed E-state index contributed by atoms with van der Waals surface area (Å²) in [6.07, 6.45) is 9.44. The summed E-state index contributed by atoms with van der Waals surface area (Å²) in [5.74, 6) is 3.08. The Bertz CT molecular complexity index is 1050. The molecule has 47 heavy (non-hydrogen) atoms. The van der Waals surface area contributed by atoms with E-state index in [1.54, 1.807) is 23.5 Å². The summed E-state index contributed by atoms with van der Waals surface area (Å²) in [5.41, 5.74) is 2.39. The number of hydrogen-bond acceptors (Lipinski definition) is 8. The van der Waals surface area contributed by atoms with Crippen LogP contribution >= 0.6 is 23.5 Å². The highest BCUT2D eigenvalue weighted by Gasteiger charge is 2.39. The van der Waals surface area contributed by atoms with Crippen LogP contribution in [0.5, 0.6) is 0 Å². The molecule has 2 aromatic rings. The standard InChI is InChI=1S/C36H60O6S2Si3/c1-45(2,27-15-23-39-29-35(37)31-43-25-13-21-33-17-9-7-10-18-33)41-47(5,6)42-46(3,4)28-16-24-40-30-36(38)32-44-26-14-22-34-19-11-8-12-20-34/h7-14,17-22,35-38H,15-16,23-32H2,1-6H3/b21-13+,22-14+. The fourth-order valence-corrected chi connectivity index (χ4v) is 20.7. The van der Waals surface area contributed by atoms with E-state index in [2.05, 4.69) is 87.9 Å². The van der Waals surface area contributed by atoms with Crippen molar-refractivity contribution in [1.82, 2.24) is 0 Å². The second-order valence-corrected chi connectivity index (χ2v) is 28.1. The smallest absolute Gasteiger partial charge is 0.311 e. The predicted octanol–water partition coefficient (Wildman–Crippen LogP) is 8.56. The van der Waals surface area contributed by atoms with Crippen molar-refractivity contribution >= 4 is 60.9 Å². The van der Waals surface area contributed by atoms with E-state index in [1.807, 2.05) is 36.4 Å². The lowest BCUT2D eigenvalue weighted by atomic mass is 10.2. The zero-order valence-electron chi connectivity index (χ0n) is 29.6. The molecule has 0 saturated heterocycles. The summed E-state index contributed by atoms with van der Waals surface area (Å²) >= 11 is 3.43. The van der Waals surface area contributed by atoms with Crippen molar-refractivity contribution < 1.29 is 27.9 Å². The van der Waals surface area contributed by atoms with Crippen LogP contribution in [0.4, 0.5) is 0 Å². The van der Waals surface area contributed by atoms with Crippen LogP contribution < -0.4 is 0 Å². The van der Waals surface area contributed by atoms with E-state index >= 15 is 0 Å². The van der Waals surface area contributed by atoms with Gasteiger partial charge in [-0.2, -0.15) is 23.5 Å². The summed E-state index contributed by atoms with van der Waals surface area (Å²) in [6.45, 7) is 15.4. The third-order valence-corrected chi connectivity index (χ3v) is 20.6. The molecule has 0 spiro atoms. The maximum Gasteiger partial charge on any atom is 0.311 e. The number of thioether (sulfide) groups is 2. The minimum Gasteiger partial charge on any atom is -0.437 e. The van der Waals surface area contributed by atoms with Crippen LogP contribution in [0.2, 0.25) is 51.4 Å². The zero-order chi connectivity index (χ0) is 34.4. The molecule has 0 aliphatic carbocycles. The molecule has 0 saturated carbocycles. The molecule has 0 bridgehead atoms. The Morgan fingerprint density at radius 3 is 1.38 bits per heavy atom. The van der Waals surface area contributed by atoms with Gasteiger partial charge in [-0.3, -0.25) is 0 Å². The third-order valence-electron chi connectivity index (χ3n) is 7.07. The SMILES string of the molecule is C[Si](C)(CCCOCC(O)CSC/C=C/c1ccccc1)O[Si](C)(C)O[Si](C)(C)CCCOCC(O)CSC/C=C/c1ccccc1. The molecule has 6 nitrogen and oxygen atoms in total. The first-order chi connectivity index (χ1) is 22.4. The van der Waals surface area contributed by atoms with Gasteiger partial charge in [0.15, 0.2) is 16.6 Å². The number of aliphatic hydroxyl groups excluding tert-OH is 2. The topological polar surface area (TPSA) is 77.4 Å². The van der Waals surface area contributed by atoms with Crippen LogP contribution in [0.3, 0.4) is 0 Å². The van der Waals surface area contributed by atoms with Crippen molar-refractivity contribution in [2.75, 3.05) is 49.4 Å². The van der Waals surface area contributed by atoms with Gasteiger partial charge in [-0.1, -0.05) is 85.0 Å². The van der Waals surface area contributed by atoms with E-state index in [0.29, 0.717) is 37.9 Å². The summed E-state index contributed by atoms with van der Waals surface area (Å²) in [7, 11) is -6.13. The van der Waals surface area contributed by atoms with Gasteiger partial charge in [-0.25, -0.2) is 0 Å². The second kappa shape index (κ2) is 23.4. The molecule has 0 aliphatic heterocycles. The fourth-order valence-electron chi connectivity index (χ4n) is 5.23. The predicted molar refractivity (Wildman–Crippen MR) is 213 cm³/mol. The zero-order valence-corrected chi connectivity index (χ0v) is 34.2. The molecule has 264 valence electrons. The highest BCUT2D eigenvalue weighted by molar-refractivity contribution is 7.99. The Hall–Kier alpha value is -0.969. The van der Waals surface area contributed by atoms with Gasteiger partial charge in [0.25, 0.3) is 0 Å². The Labute approximate surface area is 297 Å². The molecule has 0 radical (unpaired) electrons. The van der Waals surface area contributed by atoms with Gasteiger partial charge < -0.3 is 27.9 Å². The van der Waals surface area contributed by atoms with E-state index in [4.69, 9.17) is 17.7 Å². The van der Waals surface area contributed by atoms with E-state index in [-0.39, 0.29) is 0 Å². The van der Waals surface area contributed by atoms with Crippen molar-refractivity contribution in [2.45, 2.75) is 76.4 Å². The molecule has 2 atom stereocenters. The number of hydrogen-bond donors (Lipinski definition) is 2. The summed E-state index contributed by atoms with van der Waals surface area (Å²) in [4.78, 5) is 0. The van der Waals surface area contributed by atoms with Gasteiger partial charge in [-0.15, -0.1) is 0 Å². The van der Waals surface area contributed by atoms with E-state index in [9.17, 15) is 10.2 Å². The van der Waals surface area contributed by atoms with Crippen LogP contribution in [0.15, 0.2) is 72.8 Å². The third kappa shape index (κ3) is 22.4. The van der Waals surface area contributed by atoms with Gasteiger partial charge in [0, 0.05) is 36.2 Å². The van der Waals surface area contributed by atoms with Gasteiger partial charge in [0.1, 0.15) is 0 Å². The monoisotopic (exact) mass is 736 g/mol. The largest absolute Gasteiger partial charge is 0.437 e. The van der Waals surface area contributed by atoms with Crippen molar-refractivity contribution in [3.63, 3.8) is 0 Å². The minimum absolute atomic E-state index is 0.371. The molecular formula is C36H60O6S2Si3. The Morgan fingerprint density at radius 1 is 0.617 bits per heavy atom. The Morgan fingerprint density at radius 2 is 1.00 bits per heavy atom. The Kier molecular flexibility index (Phi) is 21.0. The van der Waals surface area contributed by atoms with Crippen LogP contribution in [0, 0.1) is 0 Å². The average Bonchev–Trinajstić information content (AvgIpc) is 3.00. The lowest BCUT2D eigenvalue weighted by Gasteiger charge is -2.38. The molecule has 0 aliphatic rings. The van der Waals surface area contributed by atoms with E-state index in [1.165, 1.54) is 11.1 Å². The van der Waals surface area contributed by atoms with Crippen molar-refractivity contribution in [3.05, 3.63) is 83.9 Å². The number of rotatable bonds is 26. The molecule has 2 unspecified atom stereocenters. The Balaban J connectivity index is 1.51. The molecular weight excluding hydrogens is 677 g/mol. The maximum atomic E-state index is 10.3. The minimum atomic E-state index is -2.29. The van der Waals surface area contributed by atoms with Crippen LogP contribution in [0.1, 0.15) is 24.0 Å². The summed E-state index contributed by atoms with van der Waals surface area (Å²) < 4.78 is 25.1. The summed E-state index contributed by atoms with van der Waals surface area (Å²) in [6, 6.07) is 22.5. The second-order valence-electron chi connectivity index (χ2n) is 13.5. The number of aliphatic hydroxyl groups is 2. The molecule has 2 N–H and O–H groups in total. The molecule has 2 aromatic carbocycles. The number of benzene rings is 2. The molecule has 0 fully saturated rings. The van der Waals surface area contributed by atoms with Crippen molar-refractivity contribution in [3.8, 4) is 0 Å². The van der Waals surface area contributed by atoms with E-state index in [0.717, 1.165) is 36.4 Å². The van der Waals surface area contributed by atoms with Crippen molar-refractivity contribution in [2.24, 2.45) is 0 Å². The lowest BCUT2D eigenvalue weighted by Crippen LogP contribution is -2.52. The lowest BCUT2D eigenvalue weighted by molar-refractivity contribution is 0.0486. The van der Waals surface area contributed by atoms with Crippen LogP contribution in [-0.4, -0.2) is 97.1 Å². The normalized spacial score (nSPS) is 14.3. The first kappa shape index (κ1) is 42.2. The highest BCUT2D eigenvalue weighted by atomic mass is 32.2. The number of ether oxygens (including phenoxy) is 2. The van der Waals surface area contributed by atoms with Crippen molar-refractivity contribution in [1.29, 1.82) is 0 Å². The molecule has 0 aromatic heterocycles. The summed E-state index contributed by atoms with van der Waals surface area (Å²) in [5, 5.41) is 20.5. The fraction of sp³-hybridized carbons (Fsp3) is 0.556. The quantitative estimate of drug-likeness (QED) is 0.0736. The highest BCUT2D eigenvalue weighted by Crippen LogP contribution is 2.26. The van der Waals surface area contributed by atoms with E-state index < -0.39 is 37.4 Å². The first-order valence-corrected chi connectivity index (χ1v) is 28.2. The van der Waals surface area contributed by atoms with Gasteiger partial charge in [0.05, 0.1) is 25.4 Å². The van der Waals surface area contributed by atoms with Gasteiger partial charge in [0.2, 0.25) is 0 Å². The van der Waals surface area contributed by atoms with Gasteiger partial charge in [-0.05, 0) is 75.3 Å². The van der Waals surface area contributed by atoms with Crippen LogP contribution in [-0.2, 0) is 17.7 Å². The molecule has 11 heteroatoms. The maximum absolute atomic E-state index is 10.3.